The normalized spacial score (nSPS) is 11.8. The summed E-state index contributed by atoms with van der Waals surface area (Å²) in [6, 6.07) is 6.61. The first-order chi connectivity index (χ1) is 12.8. The van der Waals surface area contributed by atoms with E-state index in [-0.39, 0.29) is 30.3 Å². The third-order valence-corrected chi connectivity index (χ3v) is 4.62. The topological polar surface area (TPSA) is 78.5 Å². The van der Waals surface area contributed by atoms with Crippen molar-refractivity contribution in [3.05, 3.63) is 35.4 Å². The molecule has 0 aliphatic heterocycles. The lowest BCUT2D eigenvalue weighted by Gasteiger charge is -2.27. The highest BCUT2D eigenvalue weighted by atomic mass is 32.2. The van der Waals surface area contributed by atoms with Crippen LogP contribution in [0, 0.1) is 6.92 Å². The molecule has 7 heteroatoms. The van der Waals surface area contributed by atoms with Gasteiger partial charge in [0.15, 0.2) is 0 Å². The zero-order valence-electron chi connectivity index (χ0n) is 16.9. The number of carbonyl (C=O) groups is 3. The van der Waals surface area contributed by atoms with E-state index in [1.807, 2.05) is 46.1 Å². The van der Waals surface area contributed by atoms with Gasteiger partial charge in [0.1, 0.15) is 6.04 Å². The number of nitrogens with zero attached hydrogens (tertiary/aromatic N) is 1. The predicted molar refractivity (Wildman–Crippen MR) is 111 cm³/mol. The molecule has 0 bridgehead atoms. The van der Waals surface area contributed by atoms with E-state index in [9.17, 15) is 14.4 Å². The van der Waals surface area contributed by atoms with Gasteiger partial charge in [0.05, 0.1) is 6.54 Å². The molecule has 0 saturated heterocycles. The third kappa shape index (κ3) is 8.03. The number of likely N-dealkylation sites (N-methyl/N-ethyl adjacent to an activating group) is 1. The van der Waals surface area contributed by atoms with Crippen LogP contribution >= 0.6 is 11.8 Å². The smallest absolute Gasteiger partial charge is 0.251 e. The van der Waals surface area contributed by atoms with Crippen LogP contribution in [-0.4, -0.2) is 59.8 Å². The van der Waals surface area contributed by atoms with Crippen LogP contribution in [0.4, 0.5) is 0 Å². The molecule has 0 heterocycles. The Labute approximate surface area is 166 Å². The lowest BCUT2D eigenvalue weighted by atomic mass is 10.1. The molecule has 150 valence electrons. The van der Waals surface area contributed by atoms with Crippen LogP contribution in [0.1, 0.15) is 43.1 Å². The highest BCUT2D eigenvalue weighted by Gasteiger charge is 2.26. The van der Waals surface area contributed by atoms with Crippen molar-refractivity contribution in [1.29, 1.82) is 0 Å². The number of nitrogens with one attached hydrogen (secondary N) is 2. The summed E-state index contributed by atoms with van der Waals surface area (Å²) in [4.78, 5) is 39.1. The van der Waals surface area contributed by atoms with Crippen LogP contribution in [0.25, 0.3) is 0 Å². The van der Waals surface area contributed by atoms with Crippen molar-refractivity contribution in [2.75, 3.05) is 25.1 Å². The Morgan fingerprint density at radius 2 is 1.89 bits per heavy atom. The van der Waals surface area contributed by atoms with Crippen molar-refractivity contribution >= 4 is 29.5 Å². The number of hydrogen-bond donors (Lipinski definition) is 2. The summed E-state index contributed by atoms with van der Waals surface area (Å²) in [5, 5.41) is 5.64. The van der Waals surface area contributed by atoms with Gasteiger partial charge in [-0.05, 0) is 58.3 Å². The number of amides is 3. The van der Waals surface area contributed by atoms with E-state index < -0.39 is 6.04 Å². The van der Waals surface area contributed by atoms with Gasteiger partial charge < -0.3 is 15.5 Å². The molecule has 0 aliphatic rings. The molecule has 1 aromatic carbocycles. The van der Waals surface area contributed by atoms with Gasteiger partial charge in [0, 0.05) is 18.2 Å². The zero-order chi connectivity index (χ0) is 20.4. The maximum absolute atomic E-state index is 13.0. The third-order valence-electron chi connectivity index (χ3n) is 3.97. The SMILES string of the molecule is CCN(CC(=O)NC(C)C)C(=O)[C@H](CCSC)NC(=O)c1cccc(C)c1. The molecule has 1 aromatic rings. The van der Waals surface area contributed by atoms with Gasteiger partial charge in [-0.15, -0.1) is 0 Å². The number of benzene rings is 1. The molecule has 3 amide bonds. The van der Waals surface area contributed by atoms with Crippen molar-refractivity contribution in [3.63, 3.8) is 0 Å². The van der Waals surface area contributed by atoms with Gasteiger partial charge in [0.25, 0.3) is 5.91 Å². The molecule has 0 aliphatic carbocycles. The molecule has 0 aromatic heterocycles. The quantitative estimate of drug-likeness (QED) is 0.639. The Morgan fingerprint density at radius 3 is 2.44 bits per heavy atom. The van der Waals surface area contributed by atoms with Gasteiger partial charge in [-0.25, -0.2) is 0 Å². The van der Waals surface area contributed by atoms with E-state index in [4.69, 9.17) is 0 Å². The van der Waals surface area contributed by atoms with Crippen LogP contribution in [0.3, 0.4) is 0 Å². The lowest BCUT2D eigenvalue weighted by Crippen LogP contribution is -2.51. The van der Waals surface area contributed by atoms with Crippen LogP contribution < -0.4 is 10.6 Å². The second kappa shape index (κ2) is 11.6. The molecule has 0 spiro atoms. The first-order valence-electron chi connectivity index (χ1n) is 9.23. The summed E-state index contributed by atoms with van der Waals surface area (Å²) in [6.45, 7) is 7.89. The number of aryl methyl sites for hydroxylation is 1. The molecule has 2 N–H and O–H groups in total. The van der Waals surface area contributed by atoms with E-state index in [1.54, 1.807) is 23.9 Å². The van der Waals surface area contributed by atoms with Crippen molar-refractivity contribution < 1.29 is 14.4 Å². The summed E-state index contributed by atoms with van der Waals surface area (Å²) in [7, 11) is 0. The standard InChI is InChI=1S/C20H31N3O3S/c1-6-23(13-18(24)21-14(2)3)20(26)17(10-11-27-5)22-19(25)16-9-7-8-15(4)12-16/h7-9,12,14,17H,6,10-11,13H2,1-5H3,(H,21,24)(H,22,25)/t17-/m0/s1. The summed E-state index contributed by atoms with van der Waals surface area (Å²) in [6.07, 6.45) is 2.47. The summed E-state index contributed by atoms with van der Waals surface area (Å²) < 4.78 is 0. The van der Waals surface area contributed by atoms with E-state index in [2.05, 4.69) is 10.6 Å². The molecule has 0 fully saturated rings. The molecule has 1 rings (SSSR count). The zero-order valence-corrected chi connectivity index (χ0v) is 17.7. The Bertz CT molecular complexity index is 649. The number of carbonyl (C=O) groups excluding carboxylic acids is 3. The minimum atomic E-state index is -0.655. The lowest BCUT2D eigenvalue weighted by molar-refractivity contribution is -0.137. The van der Waals surface area contributed by atoms with Crippen LogP contribution in [0.15, 0.2) is 24.3 Å². The Balaban J connectivity index is 2.87. The molecular weight excluding hydrogens is 362 g/mol. The second-order valence-corrected chi connectivity index (χ2v) is 7.74. The van der Waals surface area contributed by atoms with Crippen molar-refractivity contribution in [1.82, 2.24) is 15.5 Å². The predicted octanol–water partition coefficient (Wildman–Crippen LogP) is 2.22. The number of hydrogen-bond acceptors (Lipinski definition) is 4. The van der Waals surface area contributed by atoms with Crippen LogP contribution in [-0.2, 0) is 9.59 Å². The van der Waals surface area contributed by atoms with Gasteiger partial charge in [-0.1, -0.05) is 17.7 Å². The van der Waals surface area contributed by atoms with E-state index in [0.29, 0.717) is 18.5 Å². The maximum Gasteiger partial charge on any atom is 0.251 e. The molecule has 0 radical (unpaired) electrons. The summed E-state index contributed by atoms with van der Waals surface area (Å²) >= 11 is 1.61. The monoisotopic (exact) mass is 393 g/mol. The van der Waals surface area contributed by atoms with Gasteiger partial charge in [0.2, 0.25) is 11.8 Å². The first-order valence-corrected chi connectivity index (χ1v) is 10.6. The molecule has 1 atom stereocenters. The fourth-order valence-corrected chi connectivity index (χ4v) is 3.10. The molecule has 27 heavy (non-hydrogen) atoms. The Kier molecular flexibility index (Phi) is 9.93. The van der Waals surface area contributed by atoms with E-state index >= 15 is 0 Å². The van der Waals surface area contributed by atoms with E-state index in [1.165, 1.54) is 4.90 Å². The molecule has 0 saturated carbocycles. The fraction of sp³-hybridized carbons (Fsp3) is 0.550. The van der Waals surface area contributed by atoms with Gasteiger partial charge in [-0.2, -0.15) is 11.8 Å². The Morgan fingerprint density at radius 1 is 1.19 bits per heavy atom. The van der Waals surface area contributed by atoms with Crippen LogP contribution in [0.2, 0.25) is 0 Å². The van der Waals surface area contributed by atoms with Crippen molar-refractivity contribution in [2.24, 2.45) is 0 Å². The summed E-state index contributed by atoms with van der Waals surface area (Å²) in [5.74, 6) is 0.0291. The highest BCUT2D eigenvalue weighted by molar-refractivity contribution is 7.98. The van der Waals surface area contributed by atoms with Gasteiger partial charge in [-0.3, -0.25) is 14.4 Å². The largest absolute Gasteiger partial charge is 0.352 e. The minimum Gasteiger partial charge on any atom is -0.352 e. The van der Waals surface area contributed by atoms with Crippen molar-refractivity contribution in [2.45, 2.75) is 46.2 Å². The number of thioether (sulfide) groups is 1. The minimum absolute atomic E-state index is 0.0103. The highest BCUT2D eigenvalue weighted by Crippen LogP contribution is 2.09. The fourth-order valence-electron chi connectivity index (χ4n) is 2.63. The number of rotatable bonds is 10. The first kappa shape index (κ1) is 23.0. The van der Waals surface area contributed by atoms with Crippen LogP contribution in [0.5, 0.6) is 0 Å². The molecular formula is C20H31N3O3S. The van der Waals surface area contributed by atoms with Crippen molar-refractivity contribution in [3.8, 4) is 0 Å². The molecule has 0 unspecified atom stereocenters. The van der Waals surface area contributed by atoms with E-state index in [0.717, 1.165) is 11.3 Å². The maximum atomic E-state index is 13.0. The average molecular weight is 394 g/mol. The Hall–Kier alpha value is -2.02. The summed E-state index contributed by atoms with van der Waals surface area (Å²) in [5.41, 5.74) is 1.51. The second-order valence-electron chi connectivity index (χ2n) is 6.75. The average Bonchev–Trinajstić information content (AvgIpc) is 2.61. The molecule has 6 nitrogen and oxygen atoms in total. The van der Waals surface area contributed by atoms with Gasteiger partial charge >= 0.3 is 0 Å².